The van der Waals surface area contributed by atoms with Crippen molar-refractivity contribution in [2.24, 2.45) is 0 Å². The molecule has 2 heterocycles. The van der Waals surface area contributed by atoms with Crippen LogP contribution in [-0.2, 0) is 10.0 Å². The number of halogens is 2. The average Bonchev–Trinajstić information content (AvgIpc) is 2.88. The number of anilines is 1. The summed E-state index contributed by atoms with van der Waals surface area (Å²) >= 11 is 11.9. The third-order valence-electron chi connectivity index (χ3n) is 2.66. The van der Waals surface area contributed by atoms with Crippen molar-refractivity contribution >= 4 is 44.6 Å². The molecule has 3 rings (SSSR count). The molecule has 0 saturated carbocycles. The summed E-state index contributed by atoms with van der Waals surface area (Å²) < 4.78 is 28.3. The van der Waals surface area contributed by atoms with Crippen LogP contribution in [0.3, 0.4) is 0 Å². The van der Waals surface area contributed by atoms with Gasteiger partial charge in [-0.3, -0.25) is 4.72 Å². The number of fused-ring (bicyclic) bond motifs is 1. The molecule has 21 heavy (non-hydrogen) atoms. The number of pyridine rings is 1. The van der Waals surface area contributed by atoms with E-state index in [1.54, 1.807) is 30.5 Å². The zero-order chi connectivity index (χ0) is 15.0. The minimum absolute atomic E-state index is 0.0969. The number of aromatic nitrogens is 3. The lowest BCUT2D eigenvalue weighted by Gasteiger charge is -2.08. The van der Waals surface area contributed by atoms with Crippen LogP contribution < -0.4 is 4.72 Å². The Morgan fingerprint density at radius 1 is 1.05 bits per heavy atom. The van der Waals surface area contributed by atoms with Crippen LogP contribution in [0.4, 0.5) is 5.69 Å². The summed E-state index contributed by atoms with van der Waals surface area (Å²) in [6, 6.07) is 9.78. The standard InChI is InChI=1S/C12H8Cl2N4O2S/c13-8-4-3-5-9(14)11(8)17-21(19,20)12-15-10-6-1-2-7-18(10)16-12/h1-7,17H. The van der Waals surface area contributed by atoms with Crippen LogP contribution in [0, 0.1) is 0 Å². The monoisotopic (exact) mass is 342 g/mol. The normalized spacial score (nSPS) is 11.7. The molecular weight excluding hydrogens is 335 g/mol. The molecule has 0 amide bonds. The van der Waals surface area contributed by atoms with Crippen LogP contribution in [0.5, 0.6) is 0 Å². The van der Waals surface area contributed by atoms with Gasteiger partial charge in [0.1, 0.15) is 0 Å². The van der Waals surface area contributed by atoms with Crippen molar-refractivity contribution in [2.75, 3.05) is 4.72 Å². The number of nitrogens with one attached hydrogen (secondary N) is 1. The molecule has 9 heteroatoms. The van der Waals surface area contributed by atoms with Gasteiger partial charge in [0.2, 0.25) is 0 Å². The first-order chi connectivity index (χ1) is 9.97. The first kappa shape index (κ1) is 14.1. The van der Waals surface area contributed by atoms with Crippen LogP contribution in [-0.4, -0.2) is 23.0 Å². The van der Waals surface area contributed by atoms with Gasteiger partial charge in [0.05, 0.1) is 15.7 Å². The topological polar surface area (TPSA) is 76.4 Å². The summed E-state index contributed by atoms with van der Waals surface area (Å²) in [5, 5.41) is 3.93. The molecule has 108 valence electrons. The molecule has 0 unspecified atom stereocenters. The van der Waals surface area contributed by atoms with Gasteiger partial charge in [-0.1, -0.05) is 35.3 Å². The number of nitrogens with zero attached hydrogens (tertiary/aromatic N) is 3. The summed E-state index contributed by atoms with van der Waals surface area (Å²) in [4.78, 5) is 3.96. The Kier molecular flexibility index (Phi) is 3.48. The second kappa shape index (κ2) is 5.18. The van der Waals surface area contributed by atoms with E-state index in [-0.39, 0.29) is 20.9 Å². The van der Waals surface area contributed by atoms with Crippen molar-refractivity contribution in [3.05, 3.63) is 52.6 Å². The number of rotatable bonds is 3. The molecule has 1 N–H and O–H groups in total. The average molecular weight is 343 g/mol. The van der Waals surface area contributed by atoms with Crippen LogP contribution in [0.25, 0.3) is 5.65 Å². The van der Waals surface area contributed by atoms with Gasteiger partial charge in [0.25, 0.3) is 15.2 Å². The van der Waals surface area contributed by atoms with Crippen molar-refractivity contribution in [1.29, 1.82) is 0 Å². The Labute approximate surface area is 130 Å². The maximum absolute atomic E-state index is 12.3. The minimum Gasteiger partial charge on any atom is -0.274 e. The van der Waals surface area contributed by atoms with Crippen molar-refractivity contribution in [3.8, 4) is 0 Å². The molecule has 2 aromatic heterocycles. The molecule has 0 spiro atoms. The van der Waals surface area contributed by atoms with E-state index in [0.717, 1.165) is 0 Å². The predicted octanol–water partition coefficient (Wildman–Crippen LogP) is 2.84. The highest BCUT2D eigenvalue weighted by Gasteiger charge is 2.22. The van der Waals surface area contributed by atoms with Gasteiger partial charge in [-0.2, -0.15) is 13.4 Å². The van der Waals surface area contributed by atoms with Crippen LogP contribution >= 0.6 is 23.2 Å². The molecule has 1 aromatic carbocycles. The van der Waals surface area contributed by atoms with Gasteiger partial charge in [0.15, 0.2) is 5.65 Å². The molecule has 0 atom stereocenters. The maximum Gasteiger partial charge on any atom is 0.299 e. The minimum atomic E-state index is -3.98. The van der Waals surface area contributed by atoms with Crippen molar-refractivity contribution in [1.82, 2.24) is 14.6 Å². The van der Waals surface area contributed by atoms with Crippen LogP contribution in [0.1, 0.15) is 0 Å². The van der Waals surface area contributed by atoms with Gasteiger partial charge >= 0.3 is 0 Å². The quantitative estimate of drug-likeness (QED) is 0.793. The summed E-state index contributed by atoms with van der Waals surface area (Å²) in [5.74, 6) is 0. The third kappa shape index (κ3) is 2.67. The molecule has 6 nitrogen and oxygen atoms in total. The zero-order valence-electron chi connectivity index (χ0n) is 10.4. The van der Waals surface area contributed by atoms with Gasteiger partial charge < -0.3 is 0 Å². The molecular formula is C12H8Cl2N4O2S. The number of hydrogen-bond acceptors (Lipinski definition) is 4. The Bertz CT molecular complexity index is 871. The Morgan fingerprint density at radius 2 is 1.76 bits per heavy atom. The highest BCUT2D eigenvalue weighted by atomic mass is 35.5. The van der Waals surface area contributed by atoms with Gasteiger partial charge in [0, 0.05) is 6.20 Å². The van der Waals surface area contributed by atoms with Gasteiger partial charge in [-0.15, -0.1) is 5.10 Å². The van der Waals surface area contributed by atoms with Gasteiger partial charge in [-0.25, -0.2) is 4.52 Å². The lowest BCUT2D eigenvalue weighted by molar-refractivity contribution is 0.592. The number of benzene rings is 1. The van der Waals surface area contributed by atoms with Crippen molar-refractivity contribution < 1.29 is 8.42 Å². The Morgan fingerprint density at radius 3 is 2.43 bits per heavy atom. The molecule has 0 aliphatic heterocycles. The van der Waals surface area contributed by atoms with E-state index in [4.69, 9.17) is 23.2 Å². The lowest BCUT2D eigenvalue weighted by Crippen LogP contribution is -2.15. The largest absolute Gasteiger partial charge is 0.299 e. The number of para-hydroxylation sites is 1. The van der Waals surface area contributed by atoms with Crippen molar-refractivity contribution in [3.63, 3.8) is 0 Å². The molecule has 3 aromatic rings. The lowest BCUT2D eigenvalue weighted by atomic mass is 10.3. The second-order valence-electron chi connectivity index (χ2n) is 4.10. The summed E-state index contributed by atoms with van der Waals surface area (Å²) in [7, 11) is -3.98. The molecule has 0 aliphatic rings. The van der Waals surface area contributed by atoms with Gasteiger partial charge in [-0.05, 0) is 24.3 Å². The summed E-state index contributed by atoms with van der Waals surface area (Å²) in [6.45, 7) is 0. The molecule has 0 bridgehead atoms. The highest BCUT2D eigenvalue weighted by molar-refractivity contribution is 7.92. The first-order valence-electron chi connectivity index (χ1n) is 5.75. The van der Waals surface area contributed by atoms with E-state index in [2.05, 4.69) is 14.8 Å². The third-order valence-corrected chi connectivity index (χ3v) is 4.42. The fourth-order valence-corrected chi connectivity index (χ4v) is 3.29. The number of hydrogen-bond donors (Lipinski definition) is 1. The fraction of sp³-hybridized carbons (Fsp3) is 0. The molecule has 0 saturated heterocycles. The Balaban J connectivity index is 2.04. The summed E-state index contributed by atoms with van der Waals surface area (Å²) in [5.41, 5.74) is 0.517. The van der Waals surface area contributed by atoms with Crippen LogP contribution in [0.2, 0.25) is 10.0 Å². The molecule has 0 radical (unpaired) electrons. The van der Waals surface area contributed by atoms with Crippen molar-refractivity contribution in [2.45, 2.75) is 5.16 Å². The second-order valence-corrected chi connectivity index (χ2v) is 6.49. The first-order valence-corrected chi connectivity index (χ1v) is 7.99. The Hall–Kier alpha value is -1.83. The van der Waals surface area contributed by atoms with E-state index in [1.165, 1.54) is 16.6 Å². The van der Waals surface area contributed by atoms with E-state index < -0.39 is 10.0 Å². The molecule has 0 aliphatic carbocycles. The SMILES string of the molecule is O=S(=O)(Nc1c(Cl)cccc1Cl)c1nc2ccccn2n1. The smallest absolute Gasteiger partial charge is 0.274 e. The van der Waals surface area contributed by atoms with E-state index in [9.17, 15) is 8.42 Å². The van der Waals surface area contributed by atoms with E-state index in [1.807, 2.05) is 0 Å². The van der Waals surface area contributed by atoms with E-state index in [0.29, 0.717) is 5.65 Å². The maximum atomic E-state index is 12.3. The zero-order valence-corrected chi connectivity index (χ0v) is 12.7. The molecule has 0 fully saturated rings. The highest BCUT2D eigenvalue weighted by Crippen LogP contribution is 2.31. The van der Waals surface area contributed by atoms with E-state index >= 15 is 0 Å². The predicted molar refractivity (Wildman–Crippen MR) is 80.3 cm³/mol. The summed E-state index contributed by atoms with van der Waals surface area (Å²) in [6.07, 6.45) is 1.60. The fourth-order valence-electron chi connectivity index (χ4n) is 1.70. The number of sulfonamides is 1. The van der Waals surface area contributed by atoms with Crippen LogP contribution in [0.15, 0.2) is 47.8 Å².